The summed E-state index contributed by atoms with van der Waals surface area (Å²) in [4.78, 5) is 6.25. The summed E-state index contributed by atoms with van der Waals surface area (Å²) in [6.45, 7) is 6.85. The number of hydrogen-bond acceptors (Lipinski definition) is 2. The zero-order chi connectivity index (χ0) is 16.0. The average Bonchev–Trinajstić information content (AvgIpc) is 2.92. The Hall–Kier alpha value is -1.28. The molecule has 1 aliphatic heterocycles. The van der Waals surface area contributed by atoms with Gasteiger partial charge in [0.25, 0.3) is 0 Å². The second-order valence-electron chi connectivity index (χ2n) is 8.03. The van der Waals surface area contributed by atoms with Gasteiger partial charge in [-0.05, 0) is 59.9 Å². The van der Waals surface area contributed by atoms with E-state index in [0.29, 0.717) is 5.92 Å². The molecular weight excluding hydrogens is 298 g/mol. The first kappa shape index (κ1) is 15.3. The lowest BCUT2D eigenvalue weighted by Gasteiger charge is -2.32. The van der Waals surface area contributed by atoms with Crippen LogP contribution in [0.15, 0.2) is 47.5 Å². The Bertz CT molecular complexity index is 716. The predicted octanol–water partition coefficient (Wildman–Crippen LogP) is 5.90. The van der Waals surface area contributed by atoms with Gasteiger partial charge in [-0.2, -0.15) is 0 Å². The summed E-state index contributed by atoms with van der Waals surface area (Å²) in [6.07, 6.45) is 5.87. The van der Waals surface area contributed by atoms with E-state index in [1.807, 2.05) is 6.20 Å². The molecule has 1 aromatic carbocycles. The van der Waals surface area contributed by atoms with Crippen LogP contribution < -0.4 is 0 Å². The fourth-order valence-corrected chi connectivity index (χ4v) is 5.59. The Balaban J connectivity index is 1.61. The Morgan fingerprint density at radius 1 is 1.09 bits per heavy atom. The second kappa shape index (κ2) is 5.66. The van der Waals surface area contributed by atoms with E-state index in [-0.39, 0.29) is 5.41 Å². The molecule has 3 atom stereocenters. The van der Waals surface area contributed by atoms with Crippen molar-refractivity contribution in [1.82, 2.24) is 4.98 Å². The first-order chi connectivity index (χ1) is 11.0. The topological polar surface area (TPSA) is 12.9 Å². The van der Waals surface area contributed by atoms with Crippen molar-refractivity contribution in [3.05, 3.63) is 59.4 Å². The van der Waals surface area contributed by atoms with E-state index in [1.165, 1.54) is 35.4 Å². The van der Waals surface area contributed by atoms with Crippen LogP contribution in [-0.4, -0.2) is 10.2 Å². The molecule has 120 valence electrons. The molecule has 2 heteroatoms. The van der Waals surface area contributed by atoms with Gasteiger partial charge in [0, 0.05) is 28.0 Å². The number of benzene rings is 1. The van der Waals surface area contributed by atoms with Gasteiger partial charge >= 0.3 is 0 Å². The molecule has 0 spiro atoms. The first-order valence-electron chi connectivity index (χ1n) is 8.74. The normalized spacial score (nSPS) is 26.7. The molecule has 0 bridgehead atoms. The number of hydrogen-bond donors (Lipinski definition) is 0. The second-order valence-corrected chi connectivity index (χ2v) is 9.31. The van der Waals surface area contributed by atoms with E-state index in [0.717, 1.165) is 11.2 Å². The van der Waals surface area contributed by atoms with E-state index in [2.05, 4.69) is 68.9 Å². The van der Waals surface area contributed by atoms with Crippen molar-refractivity contribution in [2.45, 2.75) is 67.4 Å². The minimum Gasteiger partial charge on any atom is -0.261 e. The molecule has 2 heterocycles. The minimum atomic E-state index is 0.199. The van der Waals surface area contributed by atoms with Crippen molar-refractivity contribution in [3.8, 4) is 0 Å². The number of nitrogens with zero attached hydrogens (tertiary/aromatic N) is 1. The third-order valence-corrected chi connectivity index (χ3v) is 6.94. The Morgan fingerprint density at radius 2 is 1.91 bits per heavy atom. The Morgan fingerprint density at radius 3 is 2.74 bits per heavy atom. The molecule has 0 radical (unpaired) electrons. The van der Waals surface area contributed by atoms with Crippen LogP contribution in [0.2, 0.25) is 0 Å². The van der Waals surface area contributed by atoms with Crippen LogP contribution in [-0.2, 0) is 5.41 Å². The van der Waals surface area contributed by atoms with E-state index < -0.39 is 0 Å². The number of aromatic nitrogens is 1. The van der Waals surface area contributed by atoms with Crippen LogP contribution in [0.3, 0.4) is 0 Å². The third kappa shape index (κ3) is 2.82. The van der Waals surface area contributed by atoms with Crippen molar-refractivity contribution in [2.24, 2.45) is 0 Å². The molecule has 0 N–H and O–H groups in total. The molecule has 4 rings (SSSR count). The standard InChI is InChI=1S/C21H25NS/c1-21(2,3)15-10-11-22-18(13-15)14-8-9-20-17(12-14)16-6-4-5-7-19(16)23-20/h4-7,10-11,13-14,17,20H,8-9,12H2,1-3H3. The van der Waals surface area contributed by atoms with Crippen molar-refractivity contribution >= 4 is 11.8 Å². The van der Waals surface area contributed by atoms with Crippen molar-refractivity contribution in [1.29, 1.82) is 0 Å². The maximum absolute atomic E-state index is 4.74. The molecule has 1 saturated carbocycles. The first-order valence-corrected chi connectivity index (χ1v) is 9.62. The monoisotopic (exact) mass is 323 g/mol. The van der Waals surface area contributed by atoms with Gasteiger partial charge in [-0.3, -0.25) is 4.98 Å². The van der Waals surface area contributed by atoms with Crippen LogP contribution in [0.4, 0.5) is 0 Å². The number of fused-ring (bicyclic) bond motifs is 3. The summed E-state index contributed by atoms with van der Waals surface area (Å²) >= 11 is 2.10. The highest BCUT2D eigenvalue weighted by atomic mass is 32.2. The molecule has 23 heavy (non-hydrogen) atoms. The van der Waals surface area contributed by atoms with Gasteiger partial charge in [-0.1, -0.05) is 39.0 Å². The maximum atomic E-state index is 4.74. The van der Waals surface area contributed by atoms with Gasteiger partial charge in [-0.25, -0.2) is 0 Å². The van der Waals surface area contributed by atoms with Gasteiger partial charge in [-0.15, -0.1) is 11.8 Å². The number of pyridine rings is 1. The summed E-state index contributed by atoms with van der Waals surface area (Å²) in [5, 5.41) is 0.787. The lowest BCUT2D eigenvalue weighted by atomic mass is 9.76. The lowest BCUT2D eigenvalue weighted by Crippen LogP contribution is -2.22. The summed E-state index contributed by atoms with van der Waals surface area (Å²) in [5.74, 6) is 1.33. The van der Waals surface area contributed by atoms with Crippen molar-refractivity contribution in [2.75, 3.05) is 0 Å². The summed E-state index contributed by atoms with van der Waals surface area (Å²) in [5.41, 5.74) is 4.50. The molecule has 1 aliphatic carbocycles. The van der Waals surface area contributed by atoms with Crippen LogP contribution in [0.1, 0.15) is 68.7 Å². The number of rotatable bonds is 1. The van der Waals surface area contributed by atoms with Crippen molar-refractivity contribution in [3.63, 3.8) is 0 Å². The fourth-order valence-electron chi connectivity index (χ4n) is 4.08. The largest absolute Gasteiger partial charge is 0.261 e. The maximum Gasteiger partial charge on any atom is 0.0437 e. The van der Waals surface area contributed by atoms with E-state index in [1.54, 1.807) is 5.56 Å². The highest BCUT2D eigenvalue weighted by Crippen LogP contribution is 2.54. The predicted molar refractivity (Wildman–Crippen MR) is 98.4 cm³/mol. The summed E-state index contributed by atoms with van der Waals surface area (Å²) in [6, 6.07) is 13.5. The van der Waals surface area contributed by atoms with Crippen molar-refractivity contribution < 1.29 is 0 Å². The quantitative estimate of drug-likeness (QED) is 0.647. The summed E-state index contributed by atoms with van der Waals surface area (Å²) < 4.78 is 0. The average molecular weight is 324 g/mol. The van der Waals surface area contributed by atoms with E-state index in [9.17, 15) is 0 Å². The molecule has 0 amide bonds. The molecular formula is C21H25NS. The lowest BCUT2D eigenvalue weighted by molar-refractivity contribution is 0.402. The van der Waals surface area contributed by atoms with Gasteiger partial charge in [0.2, 0.25) is 0 Å². The Kier molecular flexibility index (Phi) is 3.76. The van der Waals surface area contributed by atoms with Gasteiger partial charge in [0.15, 0.2) is 0 Å². The summed E-state index contributed by atoms with van der Waals surface area (Å²) in [7, 11) is 0. The molecule has 3 unspecified atom stereocenters. The van der Waals surface area contributed by atoms with Crippen LogP contribution in [0, 0.1) is 0 Å². The highest BCUT2D eigenvalue weighted by molar-refractivity contribution is 8.00. The minimum absolute atomic E-state index is 0.199. The molecule has 1 nitrogen and oxygen atoms in total. The molecule has 1 aromatic heterocycles. The molecule has 2 aromatic rings. The van der Waals surface area contributed by atoms with E-state index >= 15 is 0 Å². The van der Waals surface area contributed by atoms with Gasteiger partial charge < -0.3 is 0 Å². The van der Waals surface area contributed by atoms with Gasteiger partial charge in [0.1, 0.15) is 0 Å². The van der Waals surface area contributed by atoms with Crippen LogP contribution in [0.25, 0.3) is 0 Å². The Labute approximate surface area is 143 Å². The van der Waals surface area contributed by atoms with Crippen LogP contribution in [0.5, 0.6) is 0 Å². The molecule has 1 fully saturated rings. The molecule has 2 aliphatic rings. The smallest absolute Gasteiger partial charge is 0.0437 e. The van der Waals surface area contributed by atoms with Gasteiger partial charge in [0.05, 0.1) is 0 Å². The highest BCUT2D eigenvalue weighted by Gasteiger charge is 2.38. The van der Waals surface area contributed by atoms with E-state index in [4.69, 9.17) is 4.98 Å². The fraction of sp³-hybridized carbons (Fsp3) is 0.476. The molecule has 0 saturated heterocycles. The SMILES string of the molecule is CC(C)(C)c1ccnc(C2CCC3Sc4ccccc4C3C2)c1. The zero-order valence-corrected chi connectivity index (χ0v) is 15.1. The third-order valence-electron chi connectivity index (χ3n) is 5.45. The number of thioether (sulfide) groups is 1. The zero-order valence-electron chi connectivity index (χ0n) is 14.3. The van der Waals surface area contributed by atoms with Crippen LogP contribution >= 0.6 is 11.8 Å².